The van der Waals surface area contributed by atoms with Crippen LogP contribution in [0.25, 0.3) is 5.52 Å². The first-order valence-electron chi connectivity index (χ1n) is 10.2. The molecule has 6 heteroatoms. The molecule has 2 aromatic heterocycles. The van der Waals surface area contributed by atoms with Crippen LogP contribution < -0.4 is 10.1 Å². The topological polar surface area (TPSA) is 51.5 Å². The van der Waals surface area contributed by atoms with Crippen molar-refractivity contribution in [2.24, 2.45) is 0 Å². The minimum Gasteiger partial charge on any atom is -0.497 e. The maximum atomic E-state index is 5.43. The lowest BCUT2D eigenvalue weighted by Crippen LogP contribution is -2.38. The van der Waals surface area contributed by atoms with Crippen molar-refractivity contribution in [2.45, 2.75) is 5.54 Å². The van der Waals surface area contributed by atoms with E-state index in [1.807, 2.05) is 40.9 Å². The normalized spacial score (nSPS) is 11.4. The van der Waals surface area contributed by atoms with Crippen molar-refractivity contribution in [3.05, 3.63) is 124 Å². The zero-order valence-electron chi connectivity index (χ0n) is 17.4. The number of nitrogens with zero attached hydrogens (tertiary/aromatic N) is 3. The molecule has 0 spiro atoms. The molecule has 0 fully saturated rings. The van der Waals surface area contributed by atoms with Gasteiger partial charge in [0.05, 0.1) is 7.11 Å². The Morgan fingerprint density at radius 1 is 0.781 bits per heavy atom. The fourth-order valence-corrected chi connectivity index (χ4v) is 4.67. The number of hydrogen-bond donors (Lipinski definition) is 1. The van der Waals surface area contributed by atoms with E-state index in [2.05, 4.69) is 98.7 Å². The fraction of sp³-hybridized carbons (Fsp3) is 0.0769. The lowest BCUT2D eigenvalue weighted by atomic mass is 9.77. The molecule has 5 nitrogen and oxygen atoms in total. The Bertz CT molecular complexity index is 1300. The van der Waals surface area contributed by atoms with Gasteiger partial charge in [-0.25, -0.2) is 9.50 Å². The van der Waals surface area contributed by atoms with Crippen LogP contribution in [-0.2, 0) is 5.54 Å². The van der Waals surface area contributed by atoms with Crippen LogP contribution in [0, 0.1) is 3.70 Å². The zero-order valence-corrected chi connectivity index (χ0v) is 19.6. The quantitative estimate of drug-likeness (QED) is 0.224. The van der Waals surface area contributed by atoms with Crippen molar-refractivity contribution in [2.75, 3.05) is 12.4 Å². The largest absolute Gasteiger partial charge is 0.497 e. The van der Waals surface area contributed by atoms with Crippen LogP contribution >= 0.6 is 22.6 Å². The summed E-state index contributed by atoms with van der Waals surface area (Å²) in [5.74, 6) is 1.57. The first-order chi connectivity index (χ1) is 15.7. The second kappa shape index (κ2) is 8.63. The van der Waals surface area contributed by atoms with Gasteiger partial charge in [0.1, 0.15) is 26.8 Å². The van der Waals surface area contributed by atoms with E-state index < -0.39 is 5.54 Å². The van der Waals surface area contributed by atoms with E-state index >= 15 is 0 Å². The number of halogens is 1. The molecule has 0 saturated heterocycles. The lowest BCUT2D eigenvalue weighted by molar-refractivity contribution is 0.414. The Labute approximate surface area is 200 Å². The molecule has 0 atom stereocenters. The number of aromatic nitrogens is 3. The van der Waals surface area contributed by atoms with Crippen LogP contribution in [0.15, 0.2) is 103 Å². The van der Waals surface area contributed by atoms with Gasteiger partial charge in [-0.1, -0.05) is 72.8 Å². The van der Waals surface area contributed by atoms with Gasteiger partial charge in [0, 0.05) is 0 Å². The van der Waals surface area contributed by atoms with Crippen LogP contribution in [0.4, 0.5) is 5.82 Å². The standard InChI is InChI=1S/C26H21IN4O/c1-32-22-14-12-21(13-15-22)26(19-8-4-2-5-9-19,20-10-6-3-7-11-20)30-25-23-16-17-24(27)31(23)29-18-28-25/h2-18H,1H3,(H,28,29,30). The highest BCUT2D eigenvalue weighted by molar-refractivity contribution is 14.1. The summed E-state index contributed by atoms with van der Waals surface area (Å²) in [6.07, 6.45) is 1.59. The number of hydrogen-bond acceptors (Lipinski definition) is 4. The van der Waals surface area contributed by atoms with E-state index in [0.717, 1.165) is 37.5 Å². The zero-order chi connectivity index (χ0) is 22.0. The number of benzene rings is 3. The first-order valence-corrected chi connectivity index (χ1v) is 11.3. The Morgan fingerprint density at radius 3 is 1.97 bits per heavy atom. The van der Waals surface area contributed by atoms with Gasteiger partial charge in [0.15, 0.2) is 5.82 Å². The predicted octanol–water partition coefficient (Wildman–Crippen LogP) is 5.75. The summed E-state index contributed by atoms with van der Waals surface area (Å²) in [6, 6.07) is 33.2. The lowest BCUT2D eigenvalue weighted by Gasteiger charge is -2.37. The summed E-state index contributed by atoms with van der Waals surface area (Å²) >= 11 is 2.28. The van der Waals surface area contributed by atoms with Crippen molar-refractivity contribution in [1.29, 1.82) is 0 Å². The molecule has 0 unspecified atom stereocenters. The Kier molecular flexibility index (Phi) is 5.53. The molecule has 0 aliphatic carbocycles. The van der Waals surface area contributed by atoms with E-state index in [9.17, 15) is 0 Å². The summed E-state index contributed by atoms with van der Waals surface area (Å²) in [5.41, 5.74) is 3.53. The minimum absolute atomic E-state index is 0.681. The second-order valence-electron chi connectivity index (χ2n) is 7.40. The molecule has 5 rings (SSSR count). The van der Waals surface area contributed by atoms with Gasteiger partial charge in [0.25, 0.3) is 0 Å². The third-order valence-electron chi connectivity index (χ3n) is 5.65. The Morgan fingerprint density at radius 2 is 1.38 bits per heavy atom. The van der Waals surface area contributed by atoms with E-state index in [4.69, 9.17) is 4.74 Å². The molecule has 2 heterocycles. The van der Waals surface area contributed by atoms with E-state index in [-0.39, 0.29) is 0 Å². The summed E-state index contributed by atoms with van der Waals surface area (Å²) in [6.45, 7) is 0. The van der Waals surface area contributed by atoms with Crippen molar-refractivity contribution >= 4 is 33.9 Å². The third kappa shape index (κ3) is 3.50. The Balaban J connectivity index is 1.80. The van der Waals surface area contributed by atoms with Crippen molar-refractivity contribution < 1.29 is 4.74 Å². The van der Waals surface area contributed by atoms with E-state index in [1.165, 1.54) is 0 Å². The van der Waals surface area contributed by atoms with Gasteiger partial charge in [0.2, 0.25) is 0 Å². The van der Waals surface area contributed by atoms with Gasteiger partial charge in [-0.15, -0.1) is 0 Å². The smallest absolute Gasteiger partial charge is 0.155 e. The highest BCUT2D eigenvalue weighted by atomic mass is 127. The van der Waals surface area contributed by atoms with E-state index in [1.54, 1.807) is 13.4 Å². The minimum atomic E-state index is -0.681. The molecule has 0 aliphatic rings. The predicted molar refractivity (Wildman–Crippen MR) is 135 cm³/mol. The molecule has 0 amide bonds. The number of fused-ring (bicyclic) bond motifs is 1. The van der Waals surface area contributed by atoms with Crippen LogP contribution in [0.2, 0.25) is 0 Å². The molecule has 1 N–H and O–H groups in total. The molecule has 3 aromatic carbocycles. The monoisotopic (exact) mass is 532 g/mol. The maximum absolute atomic E-state index is 5.43. The Hall–Kier alpha value is -3.39. The summed E-state index contributed by atoms with van der Waals surface area (Å²) < 4.78 is 8.35. The van der Waals surface area contributed by atoms with Crippen LogP contribution in [-0.4, -0.2) is 21.7 Å². The van der Waals surface area contributed by atoms with Crippen molar-refractivity contribution in [3.8, 4) is 5.75 Å². The van der Waals surface area contributed by atoms with Crippen LogP contribution in [0.3, 0.4) is 0 Å². The average molecular weight is 532 g/mol. The number of nitrogens with one attached hydrogen (secondary N) is 1. The first kappa shape index (κ1) is 20.5. The molecule has 5 aromatic rings. The molecular weight excluding hydrogens is 511 g/mol. The van der Waals surface area contributed by atoms with Gasteiger partial charge >= 0.3 is 0 Å². The number of rotatable bonds is 6. The van der Waals surface area contributed by atoms with Crippen LogP contribution in [0.5, 0.6) is 5.75 Å². The number of methoxy groups -OCH3 is 1. The molecular formula is C26H21IN4O. The van der Waals surface area contributed by atoms with Crippen LogP contribution in [0.1, 0.15) is 16.7 Å². The third-order valence-corrected chi connectivity index (χ3v) is 6.46. The molecule has 32 heavy (non-hydrogen) atoms. The molecule has 0 saturated carbocycles. The van der Waals surface area contributed by atoms with E-state index in [0.29, 0.717) is 0 Å². The van der Waals surface area contributed by atoms with Gasteiger partial charge in [-0.3, -0.25) is 0 Å². The van der Waals surface area contributed by atoms with Crippen molar-refractivity contribution in [3.63, 3.8) is 0 Å². The molecule has 0 radical (unpaired) electrons. The van der Waals surface area contributed by atoms with Gasteiger partial charge in [-0.05, 0) is 63.5 Å². The van der Waals surface area contributed by atoms with Crippen molar-refractivity contribution in [1.82, 2.24) is 14.6 Å². The number of anilines is 1. The highest BCUT2D eigenvalue weighted by Crippen LogP contribution is 2.41. The number of ether oxygens (including phenoxy) is 1. The molecule has 158 valence electrons. The summed E-state index contributed by atoms with van der Waals surface area (Å²) in [7, 11) is 1.68. The molecule has 0 aliphatic heterocycles. The average Bonchev–Trinajstić information content (AvgIpc) is 3.25. The summed E-state index contributed by atoms with van der Waals surface area (Å²) in [4.78, 5) is 4.64. The second-order valence-corrected chi connectivity index (χ2v) is 8.50. The summed E-state index contributed by atoms with van der Waals surface area (Å²) in [5, 5.41) is 8.23. The highest BCUT2D eigenvalue weighted by Gasteiger charge is 2.37. The fourth-order valence-electron chi connectivity index (χ4n) is 4.11. The molecule has 0 bridgehead atoms. The maximum Gasteiger partial charge on any atom is 0.155 e. The van der Waals surface area contributed by atoms with Gasteiger partial charge in [-0.2, -0.15) is 5.10 Å². The van der Waals surface area contributed by atoms with Gasteiger partial charge < -0.3 is 10.1 Å². The SMILES string of the molecule is COc1ccc(C(Nc2ncnn3c(I)ccc23)(c2ccccc2)c2ccccc2)cc1.